The highest BCUT2D eigenvalue weighted by molar-refractivity contribution is 6.30. The van der Waals surface area contributed by atoms with Crippen molar-refractivity contribution in [2.24, 2.45) is 0 Å². The van der Waals surface area contributed by atoms with Gasteiger partial charge in [-0.1, -0.05) is 17.7 Å². The second-order valence-electron chi connectivity index (χ2n) is 7.31. The van der Waals surface area contributed by atoms with Gasteiger partial charge in [0, 0.05) is 31.2 Å². The Kier molecular flexibility index (Phi) is 5.00. The van der Waals surface area contributed by atoms with Gasteiger partial charge in [0.05, 0.1) is 16.1 Å². The Morgan fingerprint density at radius 1 is 1.24 bits per heavy atom. The molecule has 29 heavy (non-hydrogen) atoms. The Morgan fingerprint density at radius 2 is 2.03 bits per heavy atom. The molecule has 0 aliphatic carbocycles. The third kappa shape index (κ3) is 3.58. The summed E-state index contributed by atoms with van der Waals surface area (Å²) in [7, 11) is 0. The topological polar surface area (TPSA) is 67.2 Å². The molecule has 0 bridgehead atoms. The number of aromatic nitrogens is 2. The summed E-state index contributed by atoms with van der Waals surface area (Å²) in [6.07, 6.45) is 0. The third-order valence-corrected chi connectivity index (χ3v) is 5.38. The van der Waals surface area contributed by atoms with Crippen molar-refractivity contribution in [1.82, 2.24) is 19.8 Å². The van der Waals surface area contributed by atoms with E-state index in [0.29, 0.717) is 35.6 Å². The maximum atomic E-state index is 13.2. The second kappa shape index (κ2) is 7.48. The molecule has 0 saturated carbocycles. The molecule has 0 fully saturated rings. The number of rotatable bonds is 4. The van der Waals surface area contributed by atoms with Crippen molar-refractivity contribution in [2.75, 3.05) is 6.54 Å². The van der Waals surface area contributed by atoms with Crippen LogP contribution in [0.4, 0.5) is 4.39 Å². The maximum absolute atomic E-state index is 13.2. The van der Waals surface area contributed by atoms with Crippen LogP contribution in [-0.4, -0.2) is 38.9 Å². The monoisotopic (exact) mass is 414 g/mol. The van der Waals surface area contributed by atoms with Crippen LogP contribution in [0.15, 0.2) is 36.4 Å². The number of nitrogens with one attached hydrogen (secondary N) is 1. The molecule has 0 saturated heterocycles. The minimum atomic E-state index is -0.499. The van der Waals surface area contributed by atoms with E-state index >= 15 is 0 Å². The Labute approximate surface area is 172 Å². The number of carbonyl (C=O) groups excluding carboxylic acids is 2. The molecule has 3 aromatic rings. The van der Waals surface area contributed by atoms with Crippen LogP contribution < -0.4 is 5.32 Å². The minimum Gasteiger partial charge on any atom is -0.348 e. The Hall–Kier alpha value is -2.93. The van der Waals surface area contributed by atoms with Crippen LogP contribution in [-0.2, 0) is 13.1 Å². The lowest BCUT2D eigenvalue weighted by Gasteiger charge is -2.30. The summed E-state index contributed by atoms with van der Waals surface area (Å²) in [5.74, 6) is -0.477. The fourth-order valence-electron chi connectivity index (χ4n) is 3.53. The highest BCUT2D eigenvalue weighted by Gasteiger charge is 2.29. The van der Waals surface area contributed by atoms with E-state index in [1.807, 2.05) is 24.5 Å². The third-order valence-electron chi connectivity index (χ3n) is 5.09. The zero-order valence-electron chi connectivity index (χ0n) is 16.1. The average molecular weight is 415 g/mol. The van der Waals surface area contributed by atoms with E-state index in [2.05, 4.69) is 10.3 Å². The van der Waals surface area contributed by atoms with Gasteiger partial charge in [-0.25, -0.2) is 9.37 Å². The van der Waals surface area contributed by atoms with Gasteiger partial charge in [0.1, 0.15) is 5.82 Å². The molecule has 6 nitrogen and oxygen atoms in total. The van der Waals surface area contributed by atoms with Crippen LogP contribution in [0.25, 0.3) is 11.0 Å². The summed E-state index contributed by atoms with van der Waals surface area (Å²) < 4.78 is 15.2. The van der Waals surface area contributed by atoms with Gasteiger partial charge in [-0.3, -0.25) is 9.59 Å². The van der Waals surface area contributed by atoms with Crippen molar-refractivity contribution in [3.63, 3.8) is 0 Å². The number of amides is 2. The van der Waals surface area contributed by atoms with Crippen molar-refractivity contribution in [3.8, 4) is 0 Å². The van der Waals surface area contributed by atoms with Gasteiger partial charge in [-0.05, 0) is 49.7 Å². The number of halogens is 2. The summed E-state index contributed by atoms with van der Waals surface area (Å²) in [6.45, 7) is 5.49. The summed E-state index contributed by atoms with van der Waals surface area (Å²) in [4.78, 5) is 31.5. The fraction of sp³-hybridized carbons (Fsp3) is 0.286. The lowest BCUT2D eigenvalue weighted by molar-refractivity contribution is 0.0643. The van der Waals surface area contributed by atoms with Crippen LogP contribution in [0.3, 0.4) is 0 Å². The molecule has 1 aliphatic rings. The molecule has 1 N–H and O–H groups in total. The number of fused-ring (bicyclic) bond motifs is 3. The van der Waals surface area contributed by atoms with Gasteiger partial charge in [-0.15, -0.1) is 0 Å². The number of hydrogen-bond acceptors (Lipinski definition) is 3. The Morgan fingerprint density at radius 3 is 2.76 bits per heavy atom. The van der Waals surface area contributed by atoms with E-state index in [0.717, 1.165) is 5.52 Å². The van der Waals surface area contributed by atoms with Crippen LogP contribution in [0.5, 0.6) is 0 Å². The summed E-state index contributed by atoms with van der Waals surface area (Å²) in [5.41, 5.74) is 2.58. The number of hydrogen-bond donors (Lipinski definition) is 1. The largest absolute Gasteiger partial charge is 0.348 e. The highest BCUT2D eigenvalue weighted by atomic mass is 35.5. The van der Waals surface area contributed by atoms with Crippen molar-refractivity contribution in [1.29, 1.82) is 0 Å². The molecular formula is C21H20ClFN4O2. The van der Waals surface area contributed by atoms with E-state index in [9.17, 15) is 14.0 Å². The average Bonchev–Trinajstić information content (AvgIpc) is 3.07. The molecule has 2 amide bonds. The standard InChI is InChI=1S/C21H20ClFN4O2/c1-12(2)26-7-8-27-18-6-4-14(10-17(18)25-19(27)21(26)29)20(28)24-11-13-3-5-16(23)15(22)9-13/h3-6,9-10,12H,7-8,11H2,1-2H3,(H,24,28). The molecule has 150 valence electrons. The first kappa shape index (κ1) is 19.4. The quantitative estimate of drug-likeness (QED) is 0.709. The first-order chi connectivity index (χ1) is 13.8. The SMILES string of the molecule is CC(C)N1CCn2c(nc3cc(C(=O)NCc4ccc(F)c(Cl)c4)ccc32)C1=O. The molecule has 2 aromatic carbocycles. The van der Waals surface area contributed by atoms with Gasteiger partial charge < -0.3 is 14.8 Å². The van der Waals surface area contributed by atoms with Crippen LogP contribution >= 0.6 is 11.6 Å². The van der Waals surface area contributed by atoms with Gasteiger partial charge in [-0.2, -0.15) is 0 Å². The highest BCUT2D eigenvalue weighted by Crippen LogP contribution is 2.23. The van der Waals surface area contributed by atoms with Crippen molar-refractivity contribution in [2.45, 2.75) is 33.0 Å². The van der Waals surface area contributed by atoms with Crippen molar-refractivity contribution < 1.29 is 14.0 Å². The first-order valence-electron chi connectivity index (χ1n) is 9.38. The molecule has 0 radical (unpaired) electrons. The molecule has 0 unspecified atom stereocenters. The molecule has 1 aromatic heterocycles. The second-order valence-corrected chi connectivity index (χ2v) is 7.72. The van der Waals surface area contributed by atoms with Gasteiger partial charge in [0.15, 0.2) is 5.82 Å². The molecular weight excluding hydrogens is 395 g/mol. The van der Waals surface area contributed by atoms with E-state index in [4.69, 9.17) is 11.6 Å². The van der Waals surface area contributed by atoms with Gasteiger partial charge >= 0.3 is 0 Å². The predicted molar refractivity (Wildman–Crippen MR) is 108 cm³/mol. The van der Waals surface area contributed by atoms with Crippen molar-refractivity contribution >= 4 is 34.4 Å². The lowest BCUT2D eigenvalue weighted by atomic mass is 10.1. The van der Waals surface area contributed by atoms with E-state index in [-0.39, 0.29) is 29.4 Å². The molecule has 2 heterocycles. The number of carbonyl (C=O) groups is 2. The Bertz CT molecular complexity index is 1130. The molecule has 1 aliphatic heterocycles. The van der Waals surface area contributed by atoms with Crippen LogP contribution in [0.2, 0.25) is 5.02 Å². The number of nitrogens with zero attached hydrogens (tertiary/aromatic N) is 3. The Balaban J connectivity index is 1.55. The zero-order chi connectivity index (χ0) is 20.7. The molecule has 0 atom stereocenters. The van der Waals surface area contributed by atoms with E-state index in [1.54, 1.807) is 23.1 Å². The maximum Gasteiger partial charge on any atom is 0.290 e. The molecule has 8 heteroatoms. The first-order valence-corrected chi connectivity index (χ1v) is 9.76. The fourth-order valence-corrected chi connectivity index (χ4v) is 3.73. The molecule has 4 rings (SSSR count). The number of benzene rings is 2. The predicted octanol–water partition coefficient (Wildman–Crippen LogP) is 3.62. The van der Waals surface area contributed by atoms with Gasteiger partial charge in [0.25, 0.3) is 11.8 Å². The summed E-state index contributed by atoms with van der Waals surface area (Å²) in [5, 5.41) is 2.80. The smallest absolute Gasteiger partial charge is 0.290 e. The van der Waals surface area contributed by atoms with E-state index < -0.39 is 5.82 Å². The zero-order valence-corrected chi connectivity index (χ0v) is 16.8. The summed E-state index contributed by atoms with van der Waals surface area (Å²) >= 11 is 5.77. The normalized spacial score (nSPS) is 13.8. The van der Waals surface area contributed by atoms with Crippen LogP contribution in [0.1, 0.15) is 40.4 Å². The summed E-state index contributed by atoms with van der Waals surface area (Å²) in [6, 6.07) is 9.63. The van der Waals surface area contributed by atoms with E-state index in [1.165, 1.54) is 12.1 Å². The van der Waals surface area contributed by atoms with Gasteiger partial charge in [0.2, 0.25) is 0 Å². The lowest BCUT2D eigenvalue weighted by Crippen LogP contribution is -2.44. The van der Waals surface area contributed by atoms with Crippen molar-refractivity contribution in [3.05, 3.63) is 64.2 Å². The minimum absolute atomic E-state index is 0.0156. The van der Waals surface area contributed by atoms with Crippen LogP contribution in [0, 0.1) is 5.82 Å². The molecule has 0 spiro atoms. The number of imidazole rings is 1.